The summed E-state index contributed by atoms with van der Waals surface area (Å²) < 4.78 is 3.09. The third-order valence-electron chi connectivity index (χ3n) is 3.27. The van der Waals surface area contributed by atoms with Crippen LogP contribution in [0, 0.1) is 6.92 Å². The van der Waals surface area contributed by atoms with Gasteiger partial charge in [0.2, 0.25) is 0 Å². The molecule has 0 bridgehead atoms. The van der Waals surface area contributed by atoms with Crippen LogP contribution in [-0.2, 0) is 0 Å². The normalized spacial score (nSPS) is 10.7. The lowest BCUT2D eigenvalue weighted by Gasteiger charge is -2.13. The molecule has 20 heavy (non-hydrogen) atoms. The zero-order valence-corrected chi connectivity index (χ0v) is 12.5. The Bertz CT molecular complexity index is 764. The zero-order chi connectivity index (χ0) is 14.1. The molecule has 3 rings (SSSR count). The molecule has 0 aliphatic carbocycles. The average Bonchev–Trinajstić information content (AvgIpc) is 2.91. The third kappa shape index (κ3) is 2.10. The number of anilines is 1. The number of nitrogens with two attached hydrogens (primary N) is 1. The van der Waals surface area contributed by atoms with Gasteiger partial charge in [-0.25, -0.2) is 4.98 Å². The molecule has 0 unspecified atom stereocenters. The van der Waals surface area contributed by atoms with Gasteiger partial charge in [-0.3, -0.25) is 9.55 Å². The first-order valence-corrected chi connectivity index (χ1v) is 6.95. The van der Waals surface area contributed by atoms with E-state index in [-0.39, 0.29) is 0 Å². The van der Waals surface area contributed by atoms with Gasteiger partial charge in [-0.2, -0.15) is 0 Å². The van der Waals surface area contributed by atoms with Gasteiger partial charge in [0.15, 0.2) is 0 Å². The van der Waals surface area contributed by atoms with Crippen LogP contribution in [0.15, 0.2) is 53.7 Å². The van der Waals surface area contributed by atoms with Crippen LogP contribution in [0.3, 0.4) is 0 Å². The van der Waals surface area contributed by atoms with Crippen LogP contribution < -0.4 is 5.73 Å². The Labute approximate surface area is 125 Å². The van der Waals surface area contributed by atoms with E-state index >= 15 is 0 Å². The van der Waals surface area contributed by atoms with Crippen molar-refractivity contribution in [2.45, 2.75) is 6.92 Å². The maximum atomic E-state index is 6.04. The van der Waals surface area contributed by atoms with Crippen molar-refractivity contribution in [2.75, 3.05) is 5.73 Å². The summed E-state index contributed by atoms with van der Waals surface area (Å²) in [6.07, 6.45) is 7.03. The highest BCUT2D eigenvalue weighted by Gasteiger charge is 2.12. The van der Waals surface area contributed by atoms with Gasteiger partial charge < -0.3 is 5.73 Å². The smallest absolute Gasteiger partial charge is 0.0997 e. The van der Waals surface area contributed by atoms with Gasteiger partial charge in [-0.1, -0.05) is 22.0 Å². The first kappa shape index (κ1) is 12.9. The van der Waals surface area contributed by atoms with Crippen molar-refractivity contribution >= 4 is 21.6 Å². The molecule has 4 nitrogen and oxygen atoms in total. The number of nitrogens with zero attached hydrogens (tertiary/aromatic N) is 3. The van der Waals surface area contributed by atoms with Crippen LogP contribution in [-0.4, -0.2) is 14.5 Å². The minimum Gasteiger partial charge on any atom is -0.398 e. The molecule has 2 heterocycles. The summed E-state index contributed by atoms with van der Waals surface area (Å²) in [5.41, 5.74) is 10.7. The predicted octanol–water partition coefficient (Wildman–Crippen LogP) is 3.59. The Morgan fingerprint density at radius 2 is 2.00 bits per heavy atom. The van der Waals surface area contributed by atoms with E-state index in [1.807, 2.05) is 16.7 Å². The second kappa shape index (κ2) is 5.09. The Balaban J connectivity index is 2.21. The highest BCUT2D eigenvalue weighted by atomic mass is 79.9. The van der Waals surface area contributed by atoms with Crippen molar-refractivity contribution in [1.29, 1.82) is 0 Å². The Morgan fingerprint density at radius 3 is 2.80 bits per heavy atom. The SMILES string of the molecule is Cc1c(Br)cccc1-n1cncc1-c1cnccc1N. The first-order valence-electron chi connectivity index (χ1n) is 6.16. The Morgan fingerprint density at radius 1 is 1.15 bits per heavy atom. The highest BCUT2D eigenvalue weighted by Crippen LogP contribution is 2.29. The molecule has 0 spiro atoms. The molecule has 2 N–H and O–H groups in total. The van der Waals surface area contributed by atoms with E-state index in [0.29, 0.717) is 5.69 Å². The second-order valence-electron chi connectivity index (χ2n) is 4.50. The van der Waals surface area contributed by atoms with E-state index in [1.165, 1.54) is 0 Å². The van der Waals surface area contributed by atoms with Crippen LogP contribution in [0.5, 0.6) is 0 Å². The molecule has 2 aromatic heterocycles. The molecule has 5 heteroatoms. The van der Waals surface area contributed by atoms with Crippen LogP contribution in [0.25, 0.3) is 16.9 Å². The molecule has 0 atom stereocenters. The molecule has 0 fully saturated rings. The van der Waals surface area contributed by atoms with E-state index in [2.05, 4.69) is 38.9 Å². The maximum absolute atomic E-state index is 6.04. The highest BCUT2D eigenvalue weighted by molar-refractivity contribution is 9.10. The molecule has 100 valence electrons. The molecule has 0 aliphatic rings. The molecule has 0 saturated carbocycles. The fraction of sp³-hybridized carbons (Fsp3) is 0.0667. The van der Waals surface area contributed by atoms with Crippen molar-refractivity contribution < 1.29 is 0 Å². The number of aromatic nitrogens is 3. The van der Waals surface area contributed by atoms with Gasteiger partial charge in [0.05, 0.1) is 23.9 Å². The molecular formula is C15H13BrN4. The quantitative estimate of drug-likeness (QED) is 0.782. The van der Waals surface area contributed by atoms with Gasteiger partial charge >= 0.3 is 0 Å². The minimum atomic E-state index is 0.689. The van der Waals surface area contributed by atoms with Crippen LogP contribution in [0.4, 0.5) is 5.69 Å². The largest absolute Gasteiger partial charge is 0.398 e. The predicted molar refractivity (Wildman–Crippen MR) is 83.6 cm³/mol. The number of hydrogen-bond acceptors (Lipinski definition) is 3. The Hall–Kier alpha value is -2.14. The lowest BCUT2D eigenvalue weighted by atomic mass is 10.1. The van der Waals surface area contributed by atoms with Crippen molar-refractivity contribution in [3.8, 4) is 16.9 Å². The van der Waals surface area contributed by atoms with E-state index in [4.69, 9.17) is 5.73 Å². The number of imidazole rings is 1. The molecular weight excluding hydrogens is 316 g/mol. The molecule has 0 aliphatic heterocycles. The molecule has 0 amide bonds. The number of nitrogen functional groups attached to an aromatic ring is 1. The molecule has 1 aromatic carbocycles. The van der Waals surface area contributed by atoms with E-state index < -0.39 is 0 Å². The van der Waals surface area contributed by atoms with Gasteiger partial charge in [0, 0.05) is 28.1 Å². The van der Waals surface area contributed by atoms with Crippen molar-refractivity contribution in [3.05, 3.63) is 59.2 Å². The number of pyridine rings is 1. The Kier molecular flexibility index (Phi) is 3.28. The van der Waals surface area contributed by atoms with Crippen LogP contribution >= 0.6 is 15.9 Å². The van der Waals surface area contributed by atoms with Crippen molar-refractivity contribution in [3.63, 3.8) is 0 Å². The van der Waals surface area contributed by atoms with Gasteiger partial charge in [-0.05, 0) is 30.7 Å². The maximum Gasteiger partial charge on any atom is 0.0997 e. The zero-order valence-electron chi connectivity index (χ0n) is 10.9. The van der Waals surface area contributed by atoms with Crippen molar-refractivity contribution in [1.82, 2.24) is 14.5 Å². The number of halogens is 1. The van der Waals surface area contributed by atoms with E-state index in [0.717, 1.165) is 27.0 Å². The summed E-state index contributed by atoms with van der Waals surface area (Å²) in [5.74, 6) is 0. The summed E-state index contributed by atoms with van der Waals surface area (Å²) in [5, 5.41) is 0. The summed E-state index contributed by atoms with van der Waals surface area (Å²) >= 11 is 3.56. The second-order valence-corrected chi connectivity index (χ2v) is 5.35. The monoisotopic (exact) mass is 328 g/mol. The standard InChI is InChI=1S/C15H13BrN4/c1-10-12(16)3-2-4-14(10)20-9-19-8-15(20)11-7-18-6-5-13(11)17/h2-9H,1H3,(H2,17,18). The molecule has 0 saturated heterocycles. The number of rotatable bonds is 2. The van der Waals surface area contributed by atoms with E-state index in [1.54, 1.807) is 31.0 Å². The first-order chi connectivity index (χ1) is 9.68. The molecule has 3 aromatic rings. The fourth-order valence-corrected chi connectivity index (χ4v) is 2.52. The summed E-state index contributed by atoms with van der Waals surface area (Å²) in [6, 6.07) is 7.87. The van der Waals surface area contributed by atoms with E-state index in [9.17, 15) is 0 Å². The fourth-order valence-electron chi connectivity index (χ4n) is 2.16. The number of hydrogen-bond donors (Lipinski definition) is 1. The molecule has 0 radical (unpaired) electrons. The third-order valence-corrected chi connectivity index (χ3v) is 4.13. The summed E-state index contributed by atoms with van der Waals surface area (Å²) in [4.78, 5) is 8.40. The topological polar surface area (TPSA) is 56.7 Å². The number of benzene rings is 1. The summed E-state index contributed by atoms with van der Waals surface area (Å²) in [6.45, 7) is 2.07. The lowest BCUT2D eigenvalue weighted by Crippen LogP contribution is -2.00. The van der Waals surface area contributed by atoms with Crippen LogP contribution in [0.1, 0.15) is 5.56 Å². The summed E-state index contributed by atoms with van der Waals surface area (Å²) in [7, 11) is 0. The van der Waals surface area contributed by atoms with Crippen molar-refractivity contribution in [2.24, 2.45) is 0 Å². The minimum absolute atomic E-state index is 0.689. The van der Waals surface area contributed by atoms with Gasteiger partial charge in [0.1, 0.15) is 0 Å². The average molecular weight is 329 g/mol. The van der Waals surface area contributed by atoms with Crippen LogP contribution in [0.2, 0.25) is 0 Å². The van der Waals surface area contributed by atoms with Gasteiger partial charge in [-0.15, -0.1) is 0 Å². The van der Waals surface area contributed by atoms with Gasteiger partial charge in [0.25, 0.3) is 0 Å². The lowest BCUT2D eigenvalue weighted by molar-refractivity contribution is 1.04.